The van der Waals surface area contributed by atoms with Crippen LogP contribution in [0.4, 0.5) is 13.2 Å². The van der Waals surface area contributed by atoms with E-state index in [0.29, 0.717) is 17.4 Å². The van der Waals surface area contributed by atoms with Crippen LogP contribution in [0.1, 0.15) is 38.8 Å². The minimum absolute atomic E-state index is 0.421. The zero-order valence-electron chi connectivity index (χ0n) is 16.2. The van der Waals surface area contributed by atoms with Gasteiger partial charge in [0, 0.05) is 5.56 Å². The smallest absolute Gasteiger partial charge is 0.431 e. The number of carbonyl (C=O) groups is 1. The number of H-pyrrole nitrogens is 1. The second-order valence-electron chi connectivity index (χ2n) is 6.67. The number of hydrogen-bond donors (Lipinski definition) is 2. The third-order valence-electron chi connectivity index (χ3n) is 4.60. The SMILES string of the molecule is COc1ccccc1C(NC(=O)c1ccc(C(F)(F)F)[nH]c1=O)c1ccc(C)cc1. The summed E-state index contributed by atoms with van der Waals surface area (Å²) in [4.78, 5) is 26.6. The lowest BCUT2D eigenvalue weighted by molar-refractivity contribution is -0.141. The number of ether oxygens (including phenoxy) is 1. The number of alkyl halides is 3. The molecule has 1 heterocycles. The molecule has 3 aromatic rings. The number of nitrogens with one attached hydrogen (secondary N) is 2. The third kappa shape index (κ3) is 4.53. The van der Waals surface area contributed by atoms with Gasteiger partial charge in [0.2, 0.25) is 0 Å². The quantitative estimate of drug-likeness (QED) is 0.654. The number of amides is 1. The molecule has 0 saturated carbocycles. The highest BCUT2D eigenvalue weighted by Crippen LogP contribution is 2.30. The van der Waals surface area contributed by atoms with Crippen LogP contribution in [0.3, 0.4) is 0 Å². The number of aromatic amines is 1. The van der Waals surface area contributed by atoms with Gasteiger partial charge in [-0.25, -0.2) is 0 Å². The van der Waals surface area contributed by atoms with Crippen LogP contribution in [0, 0.1) is 6.92 Å². The fourth-order valence-corrected chi connectivity index (χ4v) is 3.03. The number of aromatic nitrogens is 1. The highest BCUT2D eigenvalue weighted by Gasteiger charge is 2.32. The van der Waals surface area contributed by atoms with Gasteiger partial charge in [-0.1, -0.05) is 48.0 Å². The number of carbonyl (C=O) groups excluding carboxylic acids is 1. The van der Waals surface area contributed by atoms with Gasteiger partial charge in [-0.15, -0.1) is 0 Å². The van der Waals surface area contributed by atoms with Crippen molar-refractivity contribution in [3.63, 3.8) is 0 Å². The molecule has 0 spiro atoms. The molecule has 1 unspecified atom stereocenters. The summed E-state index contributed by atoms with van der Waals surface area (Å²) in [5, 5.41) is 2.74. The number of para-hydroxylation sites is 1. The van der Waals surface area contributed by atoms with Gasteiger partial charge in [0.25, 0.3) is 11.5 Å². The Balaban J connectivity index is 2.00. The van der Waals surface area contributed by atoms with Crippen LogP contribution < -0.4 is 15.6 Å². The molecule has 156 valence electrons. The van der Waals surface area contributed by atoms with Crippen molar-refractivity contribution in [3.05, 3.63) is 99.0 Å². The lowest BCUT2D eigenvalue weighted by Gasteiger charge is -2.22. The number of benzene rings is 2. The first-order valence-electron chi connectivity index (χ1n) is 9.01. The average Bonchev–Trinajstić information content (AvgIpc) is 2.72. The minimum atomic E-state index is -4.71. The van der Waals surface area contributed by atoms with E-state index in [9.17, 15) is 22.8 Å². The minimum Gasteiger partial charge on any atom is -0.496 e. The molecule has 0 saturated heterocycles. The molecular weight excluding hydrogens is 397 g/mol. The monoisotopic (exact) mass is 416 g/mol. The van der Waals surface area contributed by atoms with Gasteiger partial charge in [-0.3, -0.25) is 9.59 Å². The Bertz CT molecular complexity index is 1110. The normalized spacial score (nSPS) is 12.3. The van der Waals surface area contributed by atoms with E-state index in [1.165, 1.54) is 7.11 Å². The van der Waals surface area contributed by atoms with Gasteiger partial charge in [0.05, 0.1) is 13.2 Å². The highest BCUT2D eigenvalue weighted by atomic mass is 19.4. The maximum atomic E-state index is 12.8. The van der Waals surface area contributed by atoms with Crippen molar-refractivity contribution < 1.29 is 22.7 Å². The Morgan fingerprint density at radius 2 is 1.70 bits per heavy atom. The number of pyridine rings is 1. The first-order valence-corrected chi connectivity index (χ1v) is 9.01. The summed E-state index contributed by atoms with van der Waals surface area (Å²) in [5.41, 5.74) is -0.380. The molecule has 0 aliphatic carbocycles. The van der Waals surface area contributed by atoms with Gasteiger partial charge < -0.3 is 15.0 Å². The molecule has 0 aliphatic rings. The molecule has 0 radical (unpaired) electrons. The topological polar surface area (TPSA) is 71.2 Å². The molecule has 0 bridgehead atoms. The molecule has 2 aromatic carbocycles. The van der Waals surface area contributed by atoms with Gasteiger partial charge in [0.15, 0.2) is 0 Å². The van der Waals surface area contributed by atoms with Crippen LogP contribution in [-0.2, 0) is 6.18 Å². The summed E-state index contributed by atoms with van der Waals surface area (Å²) >= 11 is 0. The Hall–Kier alpha value is -3.55. The summed E-state index contributed by atoms with van der Waals surface area (Å²) in [6, 6.07) is 15.3. The molecule has 0 aliphatic heterocycles. The number of rotatable bonds is 5. The van der Waals surface area contributed by atoms with Crippen LogP contribution >= 0.6 is 0 Å². The zero-order valence-corrected chi connectivity index (χ0v) is 16.2. The second-order valence-corrected chi connectivity index (χ2v) is 6.67. The molecule has 3 rings (SSSR count). The van der Waals surface area contributed by atoms with Crippen molar-refractivity contribution in [2.24, 2.45) is 0 Å². The Morgan fingerprint density at radius 1 is 1.03 bits per heavy atom. The molecule has 0 fully saturated rings. The number of methoxy groups -OCH3 is 1. The lowest BCUT2D eigenvalue weighted by Crippen LogP contribution is -2.34. The van der Waals surface area contributed by atoms with E-state index in [4.69, 9.17) is 4.74 Å². The highest BCUT2D eigenvalue weighted by molar-refractivity contribution is 5.94. The average molecular weight is 416 g/mol. The fourth-order valence-electron chi connectivity index (χ4n) is 3.03. The van der Waals surface area contributed by atoms with Crippen LogP contribution in [0.2, 0.25) is 0 Å². The molecule has 1 aromatic heterocycles. The van der Waals surface area contributed by atoms with Gasteiger partial charge in [-0.2, -0.15) is 13.2 Å². The predicted octanol–water partition coefficient (Wildman–Crippen LogP) is 4.23. The maximum absolute atomic E-state index is 12.8. The summed E-state index contributed by atoms with van der Waals surface area (Å²) < 4.78 is 43.7. The Labute approximate surface area is 170 Å². The van der Waals surface area contributed by atoms with Gasteiger partial charge in [0.1, 0.15) is 17.0 Å². The van der Waals surface area contributed by atoms with E-state index >= 15 is 0 Å². The van der Waals surface area contributed by atoms with Crippen LogP contribution in [0.15, 0.2) is 65.5 Å². The van der Waals surface area contributed by atoms with Gasteiger partial charge >= 0.3 is 6.18 Å². The molecule has 30 heavy (non-hydrogen) atoms. The van der Waals surface area contributed by atoms with Crippen molar-refractivity contribution in [2.45, 2.75) is 19.1 Å². The summed E-state index contributed by atoms with van der Waals surface area (Å²) in [6.07, 6.45) is -4.71. The summed E-state index contributed by atoms with van der Waals surface area (Å²) in [5.74, 6) is -0.286. The van der Waals surface area contributed by atoms with Crippen molar-refractivity contribution in [1.29, 1.82) is 0 Å². The molecule has 2 N–H and O–H groups in total. The molecule has 8 heteroatoms. The molecule has 5 nitrogen and oxygen atoms in total. The van der Waals surface area contributed by atoms with Crippen molar-refractivity contribution >= 4 is 5.91 Å². The van der Waals surface area contributed by atoms with E-state index < -0.39 is 34.9 Å². The van der Waals surface area contributed by atoms with Gasteiger partial charge in [-0.05, 0) is 30.7 Å². The largest absolute Gasteiger partial charge is 0.496 e. The molecular formula is C22H19F3N2O3. The zero-order chi connectivity index (χ0) is 21.9. The fraction of sp³-hybridized carbons (Fsp3) is 0.182. The molecule has 1 atom stereocenters. The summed E-state index contributed by atoms with van der Waals surface area (Å²) in [6.45, 7) is 1.92. The van der Waals surface area contributed by atoms with E-state index in [0.717, 1.165) is 17.2 Å². The standard InChI is InChI=1S/C22H19F3N2O3/c1-13-7-9-14(10-8-13)19(15-5-3-4-6-17(15)30-2)27-21(29)16-11-12-18(22(23,24)25)26-20(16)28/h3-12,19H,1-2H3,(H,26,28)(H,27,29). The Kier molecular flexibility index (Phi) is 5.96. The lowest BCUT2D eigenvalue weighted by atomic mass is 9.96. The number of halogens is 3. The third-order valence-corrected chi connectivity index (χ3v) is 4.60. The van der Waals surface area contributed by atoms with E-state index in [2.05, 4.69) is 5.32 Å². The number of hydrogen-bond acceptors (Lipinski definition) is 3. The van der Waals surface area contributed by atoms with Crippen LogP contribution in [0.25, 0.3) is 0 Å². The summed E-state index contributed by atoms with van der Waals surface area (Å²) in [7, 11) is 1.49. The van der Waals surface area contributed by atoms with Crippen molar-refractivity contribution in [2.75, 3.05) is 7.11 Å². The second kappa shape index (κ2) is 8.44. The van der Waals surface area contributed by atoms with E-state index in [-0.39, 0.29) is 0 Å². The number of aryl methyl sites for hydroxylation is 1. The first-order chi connectivity index (χ1) is 14.2. The van der Waals surface area contributed by atoms with Crippen LogP contribution in [0.5, 0.6) is 5.75 Å². The van der Waals surface area contributed by atoms with Crippen molar-refractivity contribution in [1.82, 2.24) is 10.3 Å². The predicted molar refractivity (Wildman–Crippen MR) is 106 cm³/mol. The molecule has 1 amide bonds. The van der Waals surface area contributed by atoms with Crippen molar-refractivity contribution in [3.8, 4) is 5.75 Å². The Morgan fingerprint density at radius 3 is 2.30 bits per heavy atom. The maximum Gasteiger partial charge on any atom is 0.431 e. The van der Waals surface area contributed by atoms with E-state index in [1.54, 1.807) is 29.2 Å². The van der Waals surface area contributed by atoms with Crippen LogP contribution in [-0.4, -0.2) is 18.0 Å². The first kappa shape index (κ1) is 21.2. The van der Waals surface area contributed by atoms with E-state index in [1.807, 2.05) is 31.2 Å².